The van der Waals surface area contributed by atoms with Crippen molar-refractivity contribution < 1.29 is 25.9 Å². The van der Waals surface area contributed by atoms with E-state index in [-0.39, 0.29) is 5.56 Å². The average Bonchev–Trinajstić information content (AvgIpc) is 2.60. The third kappa shape index (κ3) is 3.83. The fourth-order valence-corrected chi connectivity index (χ4v) is 3.79. The molecule has 0 aromatic heterocycles. The van der Waals surface area contributed by atoms with Gasteiger partial charge >= 0.3 is 0 Å². The van der Waals surface area contributed by atoms with E-state index >= 15 is 0 Å². The van der Waals surface area contributed by atoms with Crippen molar-refractivity contribution in [2.75, 3.05) is 0 Å². The zero-order chi connectivity index (χ0) is 18.9. The highest BCUT2D eigenvalue weighted by atomic mass is 32.2. The fraction of sp³-hybridized carbons (Fsp3) is 0. The Balaban J connectivity index is 2.16. The molecular weight excluding hydrogens is 376 g/mol. The largest absolute Gasteiger partial charge is 0.295 e. The Labute approximate surface area is 151 Å². The summed E-state index contributed by atoms with van der Waals surface area (Å²) in [6.45, 7) is 0. The smallest absolute Gasteiger partial charge is 0.282 e. The van der Waals surface area contributed by atoms with Crippen LogP contribution in [0.4, 0.5) is 0 Å². The van der Waals surface area contributed by atoms with E-state index in [1.165, 1.54) is 0 Å². The van der Waals surface area contributed by atoms with Gasteiger partial charge in [0.05, 0.1) is 4.90 Å². The monoisotopic (exact) mass is 390 g/mol. The van der Waals surface area contributed by atoms with Gasteiger partial charge in [0.15, 0.2) is 0 Å². The number of hydrogen-bond acceptors (Lipinski definition) is 4. The Kier molecular flexibility index (Phi) is 4.68. The summed E-state index contributed by atoms with van der Waals surface area (Å²) in [6.07, 6.45) is 0. The zero-order valence-corrected chi connectivity index (χ0v) is 14.9. The predicted octanol–water partition coefficient (Wildman–Crippen LogP) is 3.51. The second-order valence-corrected chi connectivity index (χ2v) is 8.36. The maximum atomic E-state index is 11.6. The summed E-state index contributed by atoms with van der Waals surface area (Å²) >= 11 is 0. The molecule has 0 aliphatic rings. The van der Waals surface area contributed by atoms with Gasteiger partial charge < -0.3 is 0 Å². The normalized spacial score (nSPS) is 12.1. The summed E-state index contributed by atoms with van der Waals surface area (Å²) in [4.78, 5) is -0.913. The third-order valence-corrected chi connectivity index (χ3v) is 5.59. The SMILES string of the molecule is O=S(=O)(O)c1ccc(S(=O)(=O)O)c(-c2ccc(-c3ccccc3)cc2)c1. The lowest BCUT2D eigenvalue weighted by molar-refractivity contribution is 0.479. The van der Waals surface area contributed by atoms with Crippen LogP contribution in [0.1, 0.15) is 0 Å². The van der Waals surface area contributed by atoms with Crippen LogP contribution in [0.3, 0.4) is 0 Å². The average molecular weight is 390 g/mol. The van der Waals surface area contributed by atoms with E-state index in [9.17, 15) is 25.9 Å². The minimum absolute atomic E-state index is 0.0257. The van der Waals surface area contributed by atoms with Gasteiger partial charge in [0.1, 0.15) is 4.90 Å². The van der Waals surface area contributed by atoms with Gasteiger partial charge in [0.2, 0.25) is 0 Å². The molecule has 0 atom stereocenters. The van der Waals surface area contributed by atoms with E-state index < -0.39 is 30.0 Å². The lowest BCUT2D eigenvalue weighted by atomic mass is 10.0. The predicted molar refractivity (Wildman–Crippen MR) is 96.9 cm³/mol. The molecule has 0 spiro atoms. The Morgan fingerprint density at radius 2 is 1.12 bits per heavy atom. The van der Waals surface area contributed by atoms with Crippen LogP contribution in [0.25, 0.3) is 22.3 Å². The van der Waals surface area contributed by atoms with E-state index in [0.29, 0.717) is 5.56 Å². The number of rotatable bonds is 4. The van der Waals surface area contributed by atoms with Crippen LogP contribution in [0.2, 0.25) is 0 Å². The van der Waals surface area contributed by atoms with Crippen LogP contribution in [0.15, 0.2) is 82.6 Å². The minimum Gasteiger partial charge on any atom is -0.282 e. The molecule has 0 fully saturated rings. The van der Waals surface area contributed by atoms with E-state index in [4.69, 9.17) is 0 Å². The molecule has 0 heterocycles. The van der Waals surface area contributed by atoms with E-state index in [0.717, 1.165) is 29.3 Å². The first-order valence-electron chi connectivity index (χ1n) is 7.41. The molecule has 0 bridgehead atoms. The molecule has 0 aliphatic carbocycles. The molecule has 26 heavy (non-hydrogen) atoms. The van der Waals surface area contributed by atoms with Crippen molar-refractivity contribution in [3.8, 4) is 22.3 Å². The van der Waals surface area contributed by atoms with Crippen molar-refractivity contribution in [3.63, 3.8) is 0 Å². The van der Waals surface area contributed by atoms with Crippen LogP contribution in [0, 0.1) is 0 Å². The van der Waals surface area contributed by atoms with E-state index in [1.807, 2.05) is 30.3 Å². The topological polar surface area (TPSA) is 109 Å². The molecule has 0 radical (unpaired) electrons. The molecule has 3 rings (SSSR count). The van der Waals surface area contributed by atoms with Crippen LogP contribution in [-0.4, -0.2) is 25.9 Å². The first-order chi connectivity index (χ1) is 12.2. The fourth-order valence-electron chi connectivity index (χ4n) is 2.59. The molecule has 2 N–H and O–H groups in total. The van der Waals surface area contributed by atoms with E-state index in [1.54, 1.807) is 24.3 Å². The van der Waals surface area contributed by atoms with Crippen molar-refractivity contribution in [2.45, 2.75) is 9.79 Å². The van der Waals surface area contributed by atoms with Gasteiger partial charge in [-0.1, -0.05) is 54.6 Å². The molecule has 0 saturated carbocycles. The highest BCUT2D eigenvalue weighted by molar-refractivity contribution is 7.86. The molecule has 8 heteroatoms. The van der Waals surface area contributed by atoms with Gasteiger partial charge in [-0.05, 0) is 34.9 Å². The molecular formula is C18H14O6S2. The van der Waals surface area contributed by atoms with E-state index in [2.05, 4.69) is 0 Å². The summed E-state index contributed by atoms with van der Waals surface area (Å²) < 4.78 is 64.6. The van der Waals surface area contributed by atoms with Gasteiger partial charge in [-0.15, -0.1) is 0 Å². The quantitative estimate of drug-likeness (QED) is 0.660. The molecule has 3 aromatic carbocycles. The highest BCUT2D eigenvalue weighted by Crippen LogP contribution is 2.31. The van der Waals surface area contributed by atoms with Crippen molar-refractivity contribution in [2.24, 2.45) is 0 Å². The number of benzene rings is 3. The Morgan fingerprint density at radius 3 is 1.65 bits per heavy atom. The summed E-state index contributed by atoms with van der Waals surface area (Å²) in [5.41, 5.74) is 2.19. The van der Waals surface area contributed by atoms with Gasteiger partial charge in [0.25, 0.3) is 20.2 Å². The molecule has 0 aliphatic heterocycles. The molecule has 6 nitrogen and oxygen atoms in total. The number of hydrogen-bond donors (Lipinski definition) is 2. The maximum Gasteiger partial charge on any atom is 0.295 e. The van der Waals surface area contributed by atoms with Crippen molar-refractivity contribution in [1.29, 1.82) is 0 Å². The molecule has 0 amide bonds. The van der Waals surface area contributed by atoms with Crippen molar-refractivity contribution in [1.82, 2.24) is 0 Å². The Hall–Kier alpha value is -2.52. The molecule has 0 saturated heterocycles. The molecule has 0 unspecified atom stereocenters. The second-order valence-electron chi connectivity index (χ2n) is 5.55. The minimum atomic E-state index is -4.58. The zero-order valence-electron chi connectivity index (χ0n) is 13.3. The first-order valence-corrected chi connectivity index (χ1v) is 10.3. The lowest BCUT2D eigenvalue weighted by Crippen LogP contribution is -2.04. The second kappa shape index (κ2) is 6.65. The van der Waals surface area contributed by atoms with Crippen LogP contribution in [-0.2, 0) is 20.2 Å². The van der Waals surface area contributed by atoms with Gasteiger partial charge in [-0.2, -0.15) is 16.8 Å². The van der Waals surface area contributed by atoms with Crippen LogP contribution in [0.5, 0.6) is 0 Å². The maximum absolute atomic E-state index is 11.6. The summed E-state index contributed by atoms with van der Waals surface area (Å²) in [5.74, 6) is 0. The van der Waals surface area contributed by atoms with Gasteiger partial charge in [-0.3, -0.25) is 9.11 Å². The highest BCUT2D eigenvalue weighted by Gasteiger charge is 2.20. The lowest BCUT2D eigenvalue weighted by Gasteiger charge is -2.10. The molecule has 3 aromatic rings. The van der Waals surface area contributed by atoms with Crippen molar-refractivity contribution >= 4 is 20.2 Å². The Morgan fingerprint density at radius 1 is 0.577 bits per heavy atom. The summed E-state index contributed by atoms with van der Waals surface area (Å²) in [5, 5.41) is 0. The Bertz CT molecular complexity index is 1150. The third-order valence-electron chi connectivity index (χ3n) is 3.83. The van der Waals surface area contributed by atoms with Crippen molar-refractivity contribution in [3.05, 3.63) is 72.8 Å². The van der Waals surface area contributed by atoms with Crippen LogP contribution >= 0.6 is 0 Å². The molecule has 134 valence electrons. The van der Waals surface area contributed by atoms with Crippen LogP contribution < -0.4 is 0 Å². The van der Waals surface area contributed by atoms with Gasteiger partial charge in [0, 0.05) is 5.56 Å². The summed E-state index contributed by atoms with van der Waals surface area (Å²) in [6, 6.07) is 19.1. The summed E-state index contributed by atoms with van der Waals surface area (Å²) in [7, 11) is -9.11. The van der Waals surface area contributed by atoms with Gasteiger partial charge in [-0.25, -0.2) is 0 Å². The standard InChI is InChI=1S/C18H14O6S2/c19-25(20,21)16-10-11-18(26(22,23)24)17(12-16)15-8-6-14(7-9-15)13-4-2-1-3-5-13/h1-12H,(H,19,20,21)(H,22,23,24). The first kappa shape index (κ1) is 18.3.